The summed E-state index contributed by atoms with van der Waals surface area (Å²) in [7, 11) is 0. The van der Waals surface area contributed by atoms with Gasteiger partial charge in [0.25, 0.3) is 0 Å². The zero-order valence-electron chi connectivity index (χ0n) is 11.9. The molecule has 3 unspecified atom stereocenters. The van der Waals surface area contributed by atoms with Gasteiger partial charge in [0, 0.05) is 18.3 Å². The fourth-order valence-corrected chi connectivity index (χ4v) is 2.73. The van der Waals surface area contributed by atoms with E-state index in [0.717, 1.165) is 29.8 Å². The minimum Gasteiger partial charge on any atom is -0.372 e. The Labute approximate surface area is 125 Å². The summed E-state index contributed by atoms with van der Waals surface area (Å²) in [6.45, 7) is 0.757. The number of nitrogens with one attached hydrogen (secondary N) is 2. The van der Waals surface area contributed by atoms with Gasteiger partial charge in [0.05, 0.1) is 6.04 Å². The van der Waals surface area contributed by atoms with E-state index in [9.17, 15) is 5.11 Å². The lowest BCUT2D eigenvalue weighted by Gasteiger charge is -2.21. The first-order chi connectivity index (χ1) is 10.2. The molecule has 0 aliphatic carbocycles. The van der Waals surface area contributed by atoms with Crippen molar-refractivity contribution in [3.05, 3.63) is 54.6 Å². The van der Waals surface area contributed by atoms with Gasteiger partial charge in [-0.1, -0.05) is 42.5 Å². The van der Waals surface area contributed by atoms with E-state index in [1.807, 2.05) is 36.4 Å². The zero-order chi connectivity index (χ0) is 14.7. The summed E-state index contributed by atoms with van der Waals surface area (Å²) in [4.78, 5) is 0. The van der Waals surface area contributed by atoms with Crippen LogP contribution in [0.2, 0.25) is 0 Å². The molecular weight excluding hydrogens is 262 g/mol. The first-order valence-electron chi connectivity index (χ1n) is 7.31. The van der Waals surface area contributed by atoms with Crippen LogP contribution in [-0.4, -0.2) is 30.0 Å². The van der Waals surface area contributed by atoms with Gasteiger partial charge in [0.15, 0.2) is 0 Å². The Bertz CT molecular complexity index is 588. The highest BCUT2D eigenvalue weighted by Crippen LogP contribution is 2.23. The SMILES string of the molecule is NC1CNC(C(O)Nc2cccc(-c3ccccc3)c2)C1. The molecule has 0 amide bonds. The molecule has 1 aliphatic heterocycles. The lowest BCUT2D eigenvalue weighted by molar-refractivity contribution is 0.162. The molecule has 1 heterocycles. The number of aliphatic hydroxyl groups is 1. The average molecular weight is 283 g/mol. The number of hydrogen-bond donors (Lipinski definition) is 4. The first kappa shape index (κ1) is 14.1. The van der Waals surface area contributed by atoms with Crippen molar-refractivity contribution in [1.82, 2.24) is 5.32 Å². The summed E-state index contributed by atoms with van der Waals surface area (Å²) in [6.07, 6.45) is 0.150. The molecule has 0 saturated carbocycles. The second-order valence-corrected chi connectivity index (χ2v) is 5.55. The van der Waals surface area contributed by atoms with Gasteiger partial charge in [-0.25, -0.2) is 0 Å². The molecule has 0 aromatic heterocycles. The molecule has 1 aliphatic rings. The monoisotopic (exact) mass is 283 g/mol. The Morgan fingerprint density at radius 2 is 1.86 bits per heavy atom. The van der Waals surface area contributed by atoms with Crippen LogP contribution in [0.15, 0.2) is 54.6 Å². The van der Waals surface area contributed by atoms with Crippen LogP contribution in [0.1, 0.15) is 6.42 Å². The Morgan fingerprint density at radius 1 is 1.10 bits per heavy atom. The average Bonchev–Trinajstić information content (AvgIpc) is 2.95. The van der Waals surface area contributed by atoms with Gasteiger partial charge in [0.1, 0.15) is 6.23 Å². The van der Waals surface area contributed by atoms with Crippen molar-refractivity contribution in [2.45, 2.75) is 24.7 Å². The summed E-state index contributed by atoms with van der Waals surface area (Å²) in [5.74, 6) is 0. The molecule has 4 heteroatoms. The van der Waals surface area contributed by atoms with Crippen LogP contribution in [0.3, 0.4) is 0 Å². The highest BCUT2D eigenvalue weighted by atomic mass is 16.3. The molecule has 5 N–H and O–H groups in total. The fraction of sp³-hybridized carbons (Fsp3) is 0.294. The highest BCUT2D eigenvalue weighted by Gasteiger charge is 2.27. The van der Waals surface area contributed by atoms with Crippen molar-refractivity contribution in [1.29, 1.82) is 0 Å². The Morgan fingerprint density at radius 3 is 2.57 bits per heavy atom. The van der Waals surface area contributed by atoms with Crippen LogP contribution in [-0.2, 0) is 0 Å². The normalized spacial score (nSPS) is 23.0. The van der Waals surface area contributed by atoms with Gasteiger partial charge in [-0.3, -0.25) is 0 Å². The third kappa shape index (κ3) is 3.42. The van der Waals surface area contributed by atoms with Crippen molar-refractivity contribution < 1.29 is 5.11 Å². The van der Waals surface area contributed by atoms with Gasteiger partial charge >= 0.3 is 0 Å². The van der Waals surface area contributed by atoms with E-state index in [1.165, 1.54) is 0 Å². The maximum atomic E-state index is 10.3. The van der Waals surface area contributed by atoms with E-state index in [-0.39, 0.29) is 12.1 Å². The summed E-state index contributed by atoms with van der Waals surface area (Å²) >= 11 is 0. The van der Waals surface area contributed by atoms with E-state index in [0.29, 0.717) is 0 Å². The predicted molar refractivity (Wildman–Crippen MR) is 85.9 cm³/mol. The van der Waals surface area contributed by atoms with E-state index in [4.69, 9.17) is 5.73 Å². The minimum atomic E-state index is -0.635. The van der Waals surface area contributed by atoms with Crippen molar-refractivity contribution in [3.63, 3.8) is 0 Å². The number of benzene rings is 2. The summed E-state index contributed by atoms with van der Waals surface area (Å²) in [5, 5.41) is 16.6. The number of aliphatic hydroxyl groups excluding tert-OH is 1. The summed E-state index contributed by atoms with van der Waals surface area (Å²) in [5.41, 5.74) is 9.06. The molecule has 4 nitrogen and oxygen atoms in total. The molecule has 1 fully saturated rings. The first-order valence-corrected chi connectivity index (χ1v) is 7.31. The van der Waals surface area contributed by atoms with E-state index >= 15 is 0 Å². The molecule has 2 aromatic carbocycles. The Balaban J connectivity index is 1.72. The molecule has 21 heavy (non-hydrogen) atoms. The standard InChI is InChI=1S/C17H21N3O/c18-14-10-16(19-11-14)17(21)20-15-8-4-7-13(9-15)12-5-2-1-3-6-12/h1-9,14,16-17,19-21H,10-11,18H2. The molecule has 3 rings (SSSR count). The summed E-state index contributed by atoms with van der Waals surface area (Å²) < 4.78 is 0. The molecule has 110 valence electrons. The quantitative estimate of drug-likeness (QED) is 0.646. The van der Waals surface area contributed by atoms with E-state index in [2.05, 4.69) is 28.8 Å². The van der Waals surface area contributed by atoms with Crippen LogP contribution in [0.5, 0.6) is 0 Å². The lowest BCUT2D eigenvalue weighted by atomic mass is 10.1. The fourth-order valence-electron chi connectivity index (χ4n) is 2.73. The molecule has 1 saturated heterocycles. The number of anilines is 1. The van der Waals surface area contributed by atoms with Crippen molar-refractivity contribution in [3.8, 4) is 11.1 Å². The lowest BCUT2D eigenvalue weighted by Crippen LogP contribution is -2.39. The predicted octanol–water partition coefficient (Wildman–Crippen LogP) is 1.77. The molecule has 0 radical (unpaired) electrons. The molecule has 2 aromatic rings. The van der Waals surface area contributed by atoms with E-state index < -0.39 is 6.23 Å². The van der Waals surface area contributed by atoms with Crippen molar-refractivity contribution in [2.24, 2.45) is 5.73 Å². The van der Waals surface area contributed by atoms with Gasteiger partial charge < -0.3 is 21.5 Å². The third-order valence-corrected chi connectivity index (χ3v) is 3.86. The number of nitrogens with two attached hydrogens (primary N) is 1. The smallest absolute Gasteiger partial charge is 0.140 e. The van der Waals surface area contributed by atoms with Gasteiger partial charge in [-0.2, -0.15) is 0 Å². The zero-order valence-corrected chi connectivity index (χ0v) is 11.9. The maximum Gasteiger partial charge on any atom is 0.140 e. The molecular formula is C17H21N3O. The second-order valence-electron chi connectivity index (χ2n) is 5.55. The van der Waals surface area contributed by atoms with Crippen LogP contribution >= 0.6 is 0 Å². The Kier molecular flexibility index (Phi) is 4.20. The molecule has 0 bridgehead atoms. The third-order valence-electron chi connectivity index (χ3n) is 3.86. The number of rotatable bonds is 4. The maximum absolute atomic E-state index is 10.3. The van der Waals surface area contributed by atoms with Crippen LogP contribution in [0.25, 0.3) is 11.1 Å². The largest absolute Gasteiger partial charge is 0.372 e. The van der Waals surface area contributed by atoms with Crippen molar-refractivity contribution >= 4 is 5.69 Å². The Hall–Kier alpha value is -1.88. The van der Waals surface area contributed by atoms with Crippen molar-refractivity contribution in [2.75, 3.05) is 11.9 Å². The van der Waals surface area contributed by atoms with Crippen LogP contribution < -0.4 is 16.4 Å². The summed E-state index contributed by atoms with van der Waals surface area (Å²) in [6, 6.07) is 18.4. The minimum absolute atomic E-state index is 0.000353. The van der Waals surface area contributed by atoms with Gasteiger partial charge in [-0.15, -0.1) is 0 Å². The van der Waals surface area contributed by atoms with Gasteiger partial charge in [-0.05, 0) is 29.7 Å². The van der Waals surface area contributed by atoms with Crippen LogP contribution in [0.4, 0.5) is 5.69 Å². The topological polar surface area (TPSA) is 70.3 Å². The highest BCUT2D eigenvalue weighted by molar-refractivity contribution is 5.68. The molecule has 0 spiro atoms. The van der Waals surface area contributed by atoms with E-state index in [1.54, 1.807) is 0 Å². The molecule has 3 atom stereocenters. The second kappa shape index (κ2) is 6.26. The van der Waals surface area contributed by atoms with Gasteiger partial charge in [0.2, 0.25) is 0 Å². The van der Waals surface area contributed by atoms with Crippen LogP contribution in [0, 0.1) is 0 Å². The number of hydrogen-bond acceptors (Lipinski definition) is 4.